The summed E-state index contributed by atoms with van der Waals surface area (Å²) in [7, 11) is 1.61. The Morgan fingerprint density at radius 1 is 1.10 bits per heavy atom. The molecule has 29 heavy (non-hydrogen) atoms. The zero-order chi connectivity index (χ0) is 20.6. The molecule has 1 fully saturated rings. The standard InChI is InChI=1S/C22H26N2O5/c1-3-28-20-7-5-4-6-19(20)23-22(26)16-14-21(25)24(15-16)12-13-29-18-10-8-17(27-2)9-11-18/h4-11,16H,3,12-15H2,1-2H3,(H,23,26). The quantitative estimate of drug-likeness (QED) is 0.703. The van der Waals surface area contributed by atoms with Gasteiger partial charge in [0.15, 0.2) is 0 Å². The summed E-state index contributed by atoms with van der Waals surface area (Å²) in [6.45, 7) is 3.58. The first-order valence-electron chi connectivity index (χ1n) is 9.68. The largest absolute Gasteiger partial charge is 0.497 e. The second kappa shape index (κ2) is 9.82. The molecule has 1 aliphatic rings. The highest BCUT2D eigenvalue weighted by Gasteiger charge is 2.34. The van der Waals surface area contributed by atoms with E-state index >= 15 is 0 Å². The van der Waals surface area contributed by atoms with Gasteiger partial charge in [0.25, 0.3) is 0 Å². The molecule has 1 saturated heterocycles. The maximum absolute atomic E-state index is 12.6. The van der Waals surface area contributed by atoms with E-state index in [4.69, 9.17) is 14.2 Å². The summed E-state index contributed by atoms with van der Waals surface area (Å²) in [5.41, 5.74) is 0.619. The first kappa shape index (κ1) is 20.5. The number of carbonyl (C=O) groups excluding carboxylic acids is 2. The molecule has 0 spiro atoms. The molecule has 1 atom stereocenters. The number of methoxy groups -OCH3 is 1. The van der Waals surface area contributed by atoms with Crippen LogP contribution in [0.4, 0.5) is 5.69 Å². The number of hydrogen-bond acceptors (Lipinski definition) is 5. The van der Waals surface area contributed by atoms with E-state index in [2.05, 4.69) is 5.32 Å². The van der Waals surface area contributed by atoms with Gasteiger partial charge in [0.05, 0.1) is 31.9 Å². The minimum absolute atomic E-state index is 0.0402. The van der Waals surface area contributed by atoms with Gasteiger partial charge in [-0.3, -0.25) is 9.59 Å². The van der Waals surface area contributed by atoms with E-state index in [1.165, 1.54) is 0 Å². The number of nitrogens with zero attached hydrogens (tertiary/aromatic N) is 1. The summed E-state index contributed by atoms with van der Waals surface area (Å²) in [5.74, 6) is 1.48. The third-order valence-electron chi connectivity index (χ3n) is 4.72. The highest BCUT2D eigenvalue weighted by atomic mass is 16.5. The van der Waals surface area contributed by atoms with Crippen LogP contribution in [0.25, 0.3) is 0 Å². The molecule has 7 heteroatoms. The molecule has 1 unspecified atom stereocenters. The summed E-state index contributed by atoms with van der Waals surface area (Å²) in [5, 5.41) is 2.89. The molecule has 0 radical (unpaired) electrons. The van der Waals surface area contributed by atoms with E-state index in [1.807, 2.05) is 49.4 Å². The van der Waals surface area contributed by atoms with Gasteiger partial charge in [-0.25, -0.2) is 0 Å². The number of anilines is 1. The molecule has 1 N–H and O–H groups in total. The Bertz CT molecular complexity index is 837. The Morgan fingerprint density at radius 3 is 2.55 bits per heavy atom. The van der Waals surface area contributed by atoms with Gasteiger partial charge in [-0.2, -0.15) is 0 Å². The van der Waals surface area contributed by atoms with Crippen LogP contribution in [-0.2, 0) is 9.59 Å². The molecule has 2 aromatic carbocycles. The van der Waals surface area contributed by atoms with Gasteiger partial charge in [-0.15, -0.1) is 0 Å². The van der Waals surface area contributed by atoms with Crippen LogP contribution in [0, 0.1) is 5.92 Å². The van der Waals surface area contributed by atoms with Gasteiger partial charge >= 0.3 is 0 Å². The zero-order valence-corrected chi connectivity index (χ0v) is 16.7. The van der Waals surface area contributed by atoms with Crippen LogP contribution in [0.15, 0.2) is 48.5 Å². The van der Waals surface area contributed by atoms with E-state index in [0.29, 0.717) is 43.5 Å². The Kier molecular flexibility index (Phi) is 6.94. The van der Waals surface area contributed by atoms with Crippen molar-refractivity contribution in [2.24, 2.45) is 5.92 Å². The summed E-state index contributed by atoms with van der Waals surface area (Å²) in [6, 6.07) is 14.5. The number of likely N-dealkylation sites (tertiary alicyclic amines) is 1. The summed E-state index contributed by atoms with van der Waals surface area (Å²) < 4.78 is 16.3. The molecule has 1 aliphatic heterocycles. The SMILES string of the molecule is CCOc1ccccc1NC(=O)C1CC(=O)N(CCOc2ccc(OC)cc2)C1. The van der Waals surface area contributed by atoms with Crippen molar-refractivity contribution in [3.63, 3.8) is 0 Å². The van der Waals surface area contributed by atoms with Crippen LogP contribution in [0.2, 0.25) is 0 Å². The van der Waals surface area contributed by atoms with Gasteiger partial charge in [-0.1, -0.05) is 12.1 Å². The normalized spacial score (nSPS) is 15.9. The highest BCUT2D eigenvalue weighted by molar-refractivity contribution is 5.98. The lowest BCUT2D eigenvalue weighted by atomic mass is 10.1. The van der Waals surface area contributed by atoms with Crippen molar-refractivity contribution < 1.29 is 23.8 Å². The van der Waals surface area contributed by atoms with Crippen molar-refractivity contribution in [2.75, 3.05) is 38.7 Å². The third kappa shape index (κ3) is 5.40. The Hall–Kier alpha value is -3.22. The van der Waals surface area contributed by atoms with Gasteiger partial charge in [-0.05, 0) is 43.3 Å². The number of para-hydroxylation sites is 2. The van der Waals surface area contributed by atoms with Crippen molar-refractivity contribution in [3.8, 4) is 17.2 Å². The molecule has 2 amide bonds. The number of hydrogen-bond donors (Lipinski definition) is 1. The van der Waals surface area contributed by atoms with Gasteiger partial charge < -0.3 is 24.4 Å². The number of benzene rings is 2. The monoisotopic (exact) mass is 398 g/mol. The third-order valence-corrected chi connectivity index (χ3v) is 4.72. The van der Waals surface area contributed by atoms with Crippen molar-refractivity contribution in [3.05, 3.63) is 48.5 Å². The number of carbonyl (C=O) groups is 2. The smallest absolute Gasteiger partial charge is 0.229 e. The van der Waals surface area contributed by atoms with Crippen LogP contribution in [0.3, 0.4) is 0 Å². The second-order valence-electron chi connectivity index (χ2n) is 6.68. The van der Waals surface area contributed by atoms with Crippen LogP contribution in [0.5, 0.6) is 17.2 Å². The van der Waals surface area contributed by atoms with Crippen molar-refractivity contribution >= 4 is 17.5 Å². The van der Waals surface area contributed by atoms with Gasteiger partial charge in [0.2, 0.25) is 11.8 Å². The number of amides is 2. The molecule has 3 rings (SSSR count). The van der Waals surface area contributed by atoms with E-state index < -0.39 is 5.92 Å². The maximum atomic E-state index is 12.6. The number of ether oxygens (including phenoxy) is 3. The molecule has 0 bridgehead atoms. The van der Waals surface area contributed by atoms with Crippen molar-refractivity contribution in [1.82, 2.24) is 4.90 Å². The molecule has 0 aliphatic carbocycles. The molecule has 154 valence electrons. The lowest BCUT2D eigenvalue weighted by Gasteiger charge is -2.17. The molecular weight excluding hydrogens is 372 g/mol. The Labute approximate surface area is 170 Å². The van der Waals surface area contributed by atoms with E-state index in [1.54, 1.807) is 18.1 Å². The predicted octanol–water partition coefficient (Wildman–Crippen LogP) is 2.96. The van der Waals surface area contributed by atoms with E-state index in [0.717, 1.165) is 5.75 Å². The minimum Gasteiger partial charge on any atom is -0.497 e. The lowest BCUT2D eigenvalue weighted by molar-refractivity contribution is -0.128. The summed E-state index contributed by atoms with van der Waals surface area (Å²) in [4.78, 5) is 26.6. The molecule has 0 saturated carbocycles. The average Bonchev–Trinajstić information content (AvgIpc) is 3.11. The molecule has 2 aromatic rings. The fourth-order valence-electron chi connectivity index (χ4n) is 3.20. The van der Waals surface area contributed by atoms with E-state index in [9.17, 15) is 9.59 Å². The first-order valence-corrected chi connectivity index (χ1v) is 9.68. The fourth-order valence-corrected chi connectivity index (χ4v) is 3.20. The fraction of sp³-hybridized carbons (Fsp3) is 0.364. The van der Waals surface area contributed by atoms with Gasteiger partial charge in [0.1, 0.15) is 23.9 Å². The molecule has 0 aromatic heterocycles. The second-order valence-corrected chi connectivity index (χ2v) is 6.68. The number of rotatable bonds is 9. The van der Waals surface area contributed by atoms with Crippen LogP contribution in [0.1, 0.15) is 13.3 Å². The van der Waals surface area contributed by atoms with Crippen LogP contribution >= 0.6 is 0 Å². The highest BCUT2D eigenvalue weighted by Crippen LogP contribution is 2.26. The molecular formula is C22H26N2O5. The Morgan fingerprint density at radius 2 is 1.83 bits per heavy atom. The Balaban J connectivity index is 1.49. The van der Waals surface area contributed by atoms with Crippen molar-refractivity contribution in [2.45, 2.75) is 13.3 Å². The minimum atomic E-state index is -0.391. The van der Waals surface area contributed by atoms with Crippen LogP contribution < -0.4 is 19.5 Å². The summed E-state index contributed by atoms with van der Waals surface area (Å²) in [6.07, 6.45) is 0.200. The zero-order valence-electron chi connectivity index (χ0n) is 16.7. The van der Waals surface area contributed by atoms with Crippen LogP contribution in [-0.4, -0.2) is 50.1 Å². The topological polar surface area (TPSA) is 77.1 Å². The van der Waals surface area contributed by atoms with E-state index in [-0.39, 0.29) is 18.2 Å². The van der Waals surface area contributed by atoms with Gasteiger partial charge in [0, 0.05) is 13.0 Å². The lowest BCUT2D eigenvalue weighted by Crippen LogP contribution is -2.31. The maximum Gasteiger partial charge on any atom is 0.229 e. The summed E-state index contributed by atoms with van der Waals surface area (Å²) >= 11 is 0. The number of nitrogens with one attached hydrogen (secondary N) is 1. The van der Waals surface area contributed by atoms with Crippen molar-refractivity contribution in [1.29, 1.82) is 0 Å². The predicted molar refractivity (Wildman–Crippen MR) is 109 cm³/mol. The molecule has 7 nitrogen and oxygen atoms in total. The molecule has 1 heterocycles. The average molecular weight is 398 g/mol. The first-order chi connectivity index (χ1) is 14.1.